The summed E-state index contributed by atoms with van der Waals surface area (Å²) in [5.74, 6) is 1.02. The van der Waals surface area contributed by atoms with E-state index in [9.17, 15) is 9.59 Å². The minimum atomic E-state index is -0.228. The van der Waals surface area contributed by atoms with Crippen LogP contribution in [-0.4, -0.2) is 20.7 Å². The number of hydrogen-bond acceptors (Lipinski definition) is 4. The predicted octanol–water partition coefficient (Wildman–Crippen LogP) is 3.01. The number of aromatic nitrogens is 3. The van der Waals surface area contributed by atoms with Crippen molar-refractivity contribution in [2.75, 3.05) is 5.32 Å². The normalized spacial score (nSPS) is 15.6. The molecule has 6 nitrogen and oxygen atoms in total. The first-order chi connectivity index (χ1) is 11.5. The Labute approximate surface area is 145 Å². The lowest BCUT2D eigenvalue weighted by molar-refractivity contribution is -0.116. The van der Waals surface area contributed by atoms with Crippen molar-refractivity contribution in [1.29, 1.82) is 0 Å². The zero-order valence-corrected chi connectivity index (χ0v) is 15.0. The highest BCUT2D eigenvalue weighted by Gasteiger charge is 2.16. The van der Waals surface area contributed by atoms with E-state index in [1.54, 1.807) is 0 Å². The Morgan fingerprint density at radius 1 is 1.38 bits per heavy atom. The average Bonchev–Trinajstić information content (AvgIpc) is 3.08. The highest BCUT2D eigenvalue weighted by Crippen LogP contribution is 2.26. The first-order valence-corrected chi connectivity index (χ1v) is 9.35. The van der Waals surface area contributed by atoms with Crippen LogP contribution in [0, 0.1) is 19.8 Å². The third-order valence-electron chi connectivity index (χ3n) is 4.81. The fraction of sp³-hybridized carbons (Fsp3) is 0.588. The molecule has 2 N–H and O–H groups in total. The number of carbonyl (C=O) groups excluding carboxylic acids is 1. The van der Waals surface area contributed by atoms with Gasteiger partial charge in [-0.05, 0) is 26.2 Å². The summed E-state index contributed by atoms with van der Waals surface area (Å²) < 4.78 is 1.50. The first-order valence-electron chi connectivity index (χ1n) is 8.54. The second-order valence-corrected chi connectivity index (χ2v) is 7.80. The molecule has 130 valence electrons. The smallest absolute Gasteiger partial charge is 0.308 e. The number of rotatable bonds is 5. The molecule has 1 saturated carbocycles. The third-order valence-corrected chi connectivity index (χ3v) is 5.81. The minimum absolute atomic E-state index is 0.0276. The number of carbonyl (C=O) groups is 1. The van der Waals surface area contributed by atoms with Gasteiger partial charge in [0.2, 0.25) is 5.91 Å². The molecule has 24 heavy (non-hydrogen) atoms. The van der Waals surface area contributed by atoms with Gasteiger partial charge in [-0.1, -0.05) is 43.4 Å². The van der Waals surface area contributed by atoms with E-state index in [2.05, 4.69) is 15.5 Å². The van der Waals surface area contributed by atoms with Gasteiger partial charge in [0.1, 0.15) is 6.54 Å². The highest BCUT2D eigenvalue weighted by atomic mass is 32.1. The molecular formula is C17H24N4O2S. The van der Waals surface area contributed by atoms with E-state index in [1.165, 1.54) is 48.0 Å². The van der Waals surface area contributed by atoms with Gasteiger partial charge < -0.3 is 5.32 Å². The molecule has 1 fully saturated rings. The van der Waals surface area contributed by atoms with Crippen LogP contribution in [0.15, 0.2) is 10.9 Å². The second-order valence-electron chi connectivity index (χ2n) is 6.63. The van der Waals surface area contributed by atoms with Gasteiger partial charge in [0.25, 0.3) is 0 Å². The fourth-order valence-corrected chi connectivity index (χ4v) is 4.16. The number of nitrogens with one attached hydrogen (secondary N) is 2. The van der Waals surface area contributed by atoms with E-state index in [4.69, 9.17) is 0 Å². The van der Waals surface area contributed by atoms with Crippen LogP contribution in [0.3, 0.4) is 0 Å². The Bertz CT molecular complexity index is 768. The Kier molecular flexibility index (Phi) is 5.18. The maximum Gasteiger partial charge on any atom is 0.308 e. The summed E-state index contributed by atoms with van der Waals surface area (Å²) >= 11 is 1.17. The van der Waals surface area contributed by atoms with Gasteiger partial charge in [-0.15, -0.1) is 0 Å². The van der Waals surface area contributed by atoms with Crippen LogP contribution in [0.25, 0.3) is 0 Å². The Morgan fingerprint density at radius 2 is 2.12 bits per heavy atom. The van der Waals surface area contributed by atoms with Crippen molar-refractivity contribution in [3.8, 4) is 0 Å². The van der Waals surface area contributed by atoms with Gasteiger partial charge in [0, 0.05) is 22.3 Å². The lowest BCUT2D eigenvalue weighted by atomic mass is 9.86. The summed E-state index contributed by atoms with van der Waals surface area (Å²) in [5.41, 5.74) is 1.91. The second kappa shape index (κ2) is 7.34. The van der Waals surface area contributed by atoms with Crippen LogP contribution >= 0.6 is 11.3 Å². The van der Waals surface area contributed by atoms with Crippen molar-refractivity contribution >= 4 is 23.1 Å². The molecule has 0 spiro atoms. The van der Waals surface area contributed by atoms with Crippen LogP contribution in [0.1, 0.15) is 48.4 Å². The van der Waals surface area contributed by atoms with Gasteiger partial charge in [-0.25, -0.2) is 0 Å². The molecule has 0 aliphatic heterocycles. The Balaban J connectivity index is 1.57. The predicted molar refractivity (Wildman–Crippen MR) is 95.5 cm³/mol. The first kappa shape index (κ1) is 17.0. The molecule has 0 unspecified atom stereocenters. The van der Waals surface area contributed by atoms with Crippen molar-refractivity contribution in [2.24, 2.45) is 5.92 Å². The molecule has 2 heterocycles. The van der Waals surface area contributed by atoms with Crippen LogP contribution in [0.2, 0.25) is 0 Å². The molecule has 0 aromatic carbocycles. The number of nitrogens with zero attached hydrogens (tertiary/aromatic N) is 2. The topological polar surface area (TPSA) is 79.8 Å². The fourth-order valence-electron chi connectivity index (χ4n) is 3.33. The molecule has 0 atom stereocenters. The third kappa shape index (κ3) is 3.95. The van der Waals surface area contributed by atoms with Crippen molar-refractivity contribution in [3.05, 3.63) is 32.0 Å². The average molecular weight is 348 g/mol. The highest BCUT2D eigenvalue weighted by molar-refractivity contribution is 7.09. The van der Waals surface area contributed by atoms with E-state index in [0.717, 1.165) is 28.6 Å². The molecule has 0 saturated heterocycles. The molecule has 7 heteroatoms. The summed E-state index contributed by atoms with van der Waals surface area (Å²) in [6.45, 7) is 3.78. The zero-order chi connectivity index (χ0) is 17.1. The number of thiazole rings is 1. The van der Waals surface area contributed by atoms with Gasteiger partial charge in [-0.2, -0.15) is 5.10 Å². The summed E-state index contributed by atoms with van der Waals surface area (Å²) in [6.07, 6.45) is 7.53. The van der Waals surface area contributed by atoms with E-state index < -0.39 is 0 Å². The lowest BCUT2D eigenvalue weighted by Crippen LogP contribution is -2.25. The Hall–Kier alpha value is -1.89. The Morgan fingerprint density at radius 3 is 2.79 bits per heavy atom. The summed E-state index contributed by atoms with van der Waals surface area (Å²) in [6, 6.07) is 1.90. The van der Waals surface area contributed by atoms with Gasteiger partial charge >= 0.3 is 4.87 Å². The molecule has 2 aromatic rings. The number of H-pyrrole nitrogens is 1. The molecular weight excluding hydrogens is 324 g/mol. The van der Waals surface area contributed by atoms with Crippen LogP contribution in [-0.2, 0) is 17.8 Å². The van der Waals surface area contributed by atoms with Crippen LogP contribution in [0.5, 0.6) is 0 Å². The SMILES string of the molecule is Cc1sc(=O)n(CC(=O)Nc2cc(CC3CCCCC3)[nH]n2)c1C. The van der Waals surface area contributed by atoms with E-state index in [-0.39, 0.29) is 17.3 Å². The lowest BCUT2D eigenvalue weighted by Gasteiger charge is -2.20. The summed E-state index contributed by atoms with van der Waals surface area (Å²) in [4.78, 5) is 24.9. The number of hydrogen-bond donors (Lipinski definition) is 2. The largest absolute Gasteiger partial charge is 0.308 e. The summed E-state index contributed by atoms with van der Waals surface area (Å²) in [7, 11) is 0. The zero-order valence-electron chi connectivity index (χ0n) is 14.2. The maximum absolute atomic E-state index is 12.2. The maximum atomic E-state index is 12.2. The monoisotopic (exact) mass is 348 g/mol. The number of aryl methyl sites for hydroxylation is 1. The van der Waals surface area contributed by atoms with Crippen molar-refractivity contribution in [2.45, 2.75) is 58.9 Å². The minimum Gasteiger partial charge on any atom is -0.308 e. The number of aromatic amines is 1. The molecule has 1 aliphatic carbocycles. The number of amides is 1. The van der Waals surface area contributed by atoms with Crippen molar-refractivity contribution in [3.63, 3.8) is 0 Å². The molecule has 0 radical (unpaired) electrons. The van der Waals surface area contributed by atoms with Gasteiger partial charge in [-0.3, -0.25) is 19.3 Å². The standard InChI is InChI=1S/C17H24N4O2S/c1-11-12(2)24-17(23)21(11)10-16(22)18-15-9-14(19-20-15)8-13-6-4-3-5-7-13/h9,13H,3-8,10H2,1-2H3,(H2,18,19,20,22). The molecule has 1 aliphatic rings. The molecule has 1 amide bonds. The number of anilines is 1. The van der Waals surface area contributed by atoms with Gasteiger partial charge in [0.05, 0.1) is 0 Å². The van der Waals surface area contributed by atoms with E-state index in [0.29, 0.717) is 5.82 Å². The van der Waals surface area contributed by atoms with Crippen LogP contribution < -0.4 is 10.2 Å². The van der Waals surface area contributed by atoms with E-state index in [1.807, 2.05) is 19.9 Å². The van der Waals surface area contributed by atoms with Crippen LogP contribution in [0.4, 0.5) is 5.82 Å². The van der Waals surface area contributed by atoms with E-state index >= 15 is 0 Å². The van der Waals surface area contributed by atoms with Crippen molar-refractivity contribution in [1.82, 2.24) is 14.8 Å². The van der Waals surface area contributed by atoms with Gasteiger partial charge in [0.15, 0.2) is 5.82 Å². The van der Waals surface area contributed by atoms with Crippen molar-refractivity contribution < 1.29 is 4.79 Å². The molecule has 0 bridgehead atoms. The molecule has 3 rings (SSSR count). The quantitative estimate of drug-likeness (QED) is 0.872. The molecule has 2 aromatic heterocycles. The summed E-state index contributed by atoms with van der Waals surface area (Å²) in [5, 5.41) is 9.96.